The molecule has 3 unspecified atom stereocenters. The summed E-state index contributed by atoms with van der Waals surface area (Å²) in [6.07, 6.45) is 7.11. The third-order valence-corrected chi connectivity index (χ3v) is 9.17. The molecule has 274 valence electrons. The summed E-state index contributed by atoms with van der Waals surface area (Å²) in [5.74, 6) is -3.49. The van der Waals surface area contributed by atoms with Crippen LogP contribution in [0.1, 0.15) is 90.8 Å². The van der Waals surface area contributed by atoms with Crippen LogP contribution in [0.3, 0.4) is 0 Å². The second-order valence-corrected chi connectivity index (χ2v) is 14.2. The summed E-state index contributed by atoms with van der Waals surface area (Å²) in [5, 5.41) is 7.26. The topological polar surface area (TPSA) is 173 Å². The van der Waals surface area contributed by atoms with Crippen LogP contribution in [0.2, 0.25) is 0 Å². The van der Waals surface area contributed by atoms with Crippen molar-refractivity contribution in [2.45, 2.75) is 104 Å². The number of ketones is 1. The number of nitrogens with one attached hydrogen (secondary N) is 3. The summed E-state index contributed by atoms with van der Waals surface area (Å²) in [7, 11) is 0. The average molecular weight is 693 g/mol. The van der Waals surface area contributed by atoms with Gasteiger partial charge in [-0.1, -0.05) is 83.4 Å². The number of pyridine rings is 1. The van der Waals surface area contributed by atoms with Crippen molar-refractivity contribution < 1.29 is 28.7 Å². The van der Waals surface area contributed by atoms with Gasteiger partial charge in [0.1, 0.15) is 12.1 Å². The van der Waals surface area contributed by atoms with E-state index in [1.54, 1.807) is 29.5 Å². The van der Waals surface area contributed by atoms with Gasteiger partial charge in [0.15, 0.2) is 5.78 Å². The second kappa shape index (κ2) is 19.9. The van der Waals surface area contributed by atoms with Gasteiger partial charge in [-0.3, -0.25) is 34.4 Å². The van der Waals surface area contributed by atoms with Gasteiger partial charge in [0.25, 0.3) is 5.91 Å². The number of esters is 1. The number of aromatic nitrogens is 1. The fraction of sp³-hybridized carbons (Fsp3) is 0.579. The van der Waals surface area contributed by atoms with Crippen LogP contribution in [0.25, 0.3) is 0 Å². The number of nitrogens with two attached hydrogens (primary N) is 1. The molecule has 1 aliphatic carbocycles. The van der Waals surface area contributed by atoms with Crippen molar-refractivity contribution in [3.05, 3.63) is 66.0 Å². The zero-order chi connectivity index (χ0) is 36.8. The number of carbonyl (C=O) groups is 5. The molecule has 1 aromatic carbocycles. The highest BCUT2D eigenvalue weighted by Crippen LogP contribution is 2.30. The zero-order valence-electron chi connectivity index (χ0n) is 30.4. The van der Waals surface area contributed by atoms with Gasteiger partial charge in [0, 0.05) is 38.8 Å². The number of nitrogens with zero attached hydrogens (tertiary/aromatic N) is 2. The first kappa shape index (κ1) is 40.3. The van der Waals surface area contributed by atoms with E-state index in [-0.39, 0.29) is 48.3 Å². The number of hydrogen-bond acceptors (Lipinski definition) is 9. The minimum absolute atomic E-state index is 0.0618. The lowest BCUT2D eigenvalue weighted by Gasteiger charge is -2.38. The fourth-order valence-corrected chi connectivity index (χ4v) is 6.61. The van der Waals surface area contributed by atoms with Gasteiger partial charge >= 0.3 is 5.97 Å². The van der Waals surface area contributed by atoms with Crippen molar-refractivity contribution in [2.75, 3.05) is 13.1 Å². The van der Waals surface area contributed by atoms with E-state index in [1.165, 1.54) is 13.8 Å². The van der Waals surface area contributed by atoms with E-state index in [0.29, 0.717) is 17.7 Å². The van der Waals surface area contributed by atoms with Crippen molar-refractivity contribution in [3.8, 4) is 0 Å². The SMILES string of the molecule is CC(=O)N[C@H](C(=O)NN(CC1CCCCC1)CC(OC(=O)Cc1cccnc1)C(C(=O)[C@@H](NC(C)=O)C(C)C)C(N)c1ccccc1)C(C)C. The van der Waals surface area contributed by atoms with Crippen molar-refractivity contribution in [2.24, 2.45) is 29.4 Å². The lowest BCUT2D eigenvalue weighted by molar-refractivity contribution is -0.157. The normalized spacial score (nSPS) is 16.6. The van der Waals surface area contributed by atoms with Gasteiger partial charge in [0.05, 0.1) is 24.9 Å². The Kier molecular flexibility index (Phi) is 16.0. The Morgan fingerprint density at radius 3 is 2.06 bits per heavy atom. The Morgan fingerprint density at radius 1 is 0.880 bits per heavy atom. The highest BCUT2D eigenvalue weighted by atomic mass is 16.5. The predicted molar refractivity (Wildman–Crippen MR) is 191 cm³/mol. The van der Waals surface area contributed by atoms with Crippen LogP contribution in [-0.4, -0.2) is 70.7 Å². The smallest absolute Gasteiger partial charge is 0.310 e. The molecule has 3 amide bonds. The minimum atomic E-state index is -1.14. The van der Waals surface area contributed by atoms with Crippen molar-refractivity contribution in [1.82, 2.24) is 26.1 Å². The van der Waals surface area contributed by atoms with Crippen LogP contribution in [0.5, 0.6) is 0 Å². The maximum absolute atomic E-state index is 14.7. The van der Waals surface area contributed by atoms with Gasteiger partial charge in [-0.25, -0.2) is 5.01 Å². The van der Waals surface area contributed by atoms with Crippen molar-refractivity contribution in [1.29, 1.82) is 0 Å². The van der Waals surface area contributed by atoms with Crippen molar-refractivity contribution in [3.63, 3.8) is 0 Å². The minimum Gasteiger partial charge on any atom is -0.460 e. The van der Waals surface area contributed by atoms with Crippen LogP contribution in [-0.2, 0) is 35.1 Å². The van der Waals surface area contributed by atoms with E-state index in [0.717, 1.165) is 32.1 Å². The standard InChI is InChI=1S/C38H56N6O6/c1-24(2)35(41-26(5)45)37(48)33(34(39)30-17-11-8-12-18-30)31(50-32(47)20-29-16-13-19-40-21-29)23-44(22-28-14-9-7-10-15-28)43-38(49)36(25(3)4)42-27(6)46/h8,11-13,16-19,21,24-25,28,31,33-36H,7,9-10,14-15,20,22-23,39H2,1-6H3,(H,41,45)(H,42,46)(H,43,49)/t31?,33?,34?,35-,36-/m0/s1. The molecular formula is C38H56N6O6. The molecule has 12 nitrogen and oxygen atoms in total. The first-order valence-electron chi connectivity index (χ1n) is 17.8. The molecular weight excluding hydrogens is 636 g/mol. The fourth-order valence-electron chi connectivity index (χ4n) is 6.61. The third kappa shape index (κ3) is 12.6. The van der Waals surface area contributed by atoms with Crippen LogP contribution in [0.4, 0.5) is 0 Å². The van der Waals surface area contributed by atoms with Gasteiger partial charge in [0.2, 0.25) is 11.8 Å². The monoisotopic (exact) mass is 692 g/mol. The molecule has 1 heterocycles. The van der Waals surface area contributed by atoms with E-state index in [9.17, 15) is 24.0 Å². The molecule has 3 rings (SSSR count). The Labute approximate surface area is 296 Å². The Bertz CT molecular complexity index is 1400. The summed E-state index contributed by atoms with van der Waals surface area (Å²) in [4.78, 5) is 70.6. The molecule has 2 aromatic rings. The number of Topliss-reactive ketones (excluding diaryl/α,β-unsaturated/α-hetero) is 1. The van der Waals surface area contributed by atoms with Crippen molar-refractivity contribution >= 4 is 29.5 Å². The summed E-state index contributed by atoms with van der Waals surface area (Å²) >= 11 is 0. The number of carbonyl (C=O) groups excluding carboxylic acids is 5. The quantitative estimate of drug-likeness (QED) is 0.134. The van der Waals surface area contributed by atoms with E-state index < -0.39 is 42.0 Å². The molecule has 1 aromatic heterocycles. The molecule has 50 heavy (non-hydrogen) atoms. The molecule has 1 aliphatic rings. The third-order valence-electron chi connectivity index (χ3n) is 9.17. The van der Waals surface area contributed by atoms with E-state index >= 15 is 0 Å². The predicted octanol–water partition coefficient (Wildman–Crippen LogP) is 3.66. The van der Waals surface area contributed by atoms with Crippen LogP contribution in [0, 0.1) is 23.7 Å². The highest BCUT2D eigenvalue weighted by Gasteiger charge is 2.43. The van der Waals surface area contributed by atoms with Gasteiger partial charge in [-0.2, -0.15) is 0 Å². The Hall–Kier alpha value is -4.16. The van der Waals surface area contributed by atoms with E-state index in [4.69, 9.17) is 10.5 Å². The number of hydrogen-bond donors (Lipinski definition) is 4. The molecule has 0 spiro atoms. The van der Waals surface area contributed by atoms with E-state index in [1.807, 2.05) is 58.0 Å². The zero-order valence-corrected chi connectivity index (χ0v) is 30.4. The molecule has 0 bridgehead atoms. The molecule has 0 saturated heterocycles. The molecule has 1 fully saturated rings. The Balaban J connectivity index is 2.11. The van der Waals surface area contributed by atoms with Crippen LogP contribution in [0.15, 0.2) is 54.9 Å². The van der Waals surface area contributed by atoms with Gasteiger partial charge in [-0.15, -0.1) is 0 Å². The molecule has 5 N–H and O–H groups in total. The van der Waals surface area contributed by atoms with Crippen LogP contribution >= 0.6 is 0 Å². The van der Waals surface area contributed by atoms with Gasteiger partial charge in [-0.05, 0) is 47.8 Å². The molecule has 12 heteroatoms. The van der Waals surface area contributed by atoms with Gasteiger partial charge < -0.3 is 21.1 Å². The number of benzene rings is 1. The average Bonchev–Trinajstić information content (AvgIpc) is 3.06. The summed E-state index contributed by atoms with van der Waals surface area (Å²) in [6.45, 7) is 10.4. The molecule has 1 saturated carbocycles. The molecule has 5 atom stereocenters. The summed E-state index contributed by atoms with van der Waals surface area (Å²) in [6, 6.07) is 9.92. The number of rotatable bonds is 18. The highest BCUT2D eigenvalue weighted by molar-refractivity contribution is 5.91. The van der Waals surface area contributed by atoms with Crippen LogP contribution < -0.4 is 21.8 Å². The summed E-state index contributed by atoms with van der Waals surface area (Å²) < 4.78 is 6.25. The summed E-state index contributed by atoms with van der Waals surface area (Å²) in [5.41, 5.74) is 11.3. The first-order valence-corrected chi connectivity index (χ1v) is 17.8. The number of amides is 3. The molecule has 0 aliphatic heterocycles. The number of ether oxygens (including phenoxy) is 1. The first-order chi connectivity index (χ1) is 23.8. The largest absolute Gasteiger partial charge is 0.460 e. The Morgan fingerprint density at radius 2 is 1.50 bits per heavy atom. The maximum atomic E-state index is 14.7. The van der Waals surface area contributed by atoms with E-state index in [2.05, 4.69) is 21.0 Å². The maximum Gasteiger partial charge on any atom is 0.310 e. The lowest BCUT2D eigenvalue weighted by Crippen LogP contribution is -2.59. The second-order valence-electron chi connectivity index (χ2n) is 14.2. The number of hydrazine groups is 1. The lowest BCUT2D eigenvalue weighted by atomic mass is 9.80. The molecule has 0 radical (unpaired) electrons.